The van der Waals surface area contributed by atoms with E-state index in [-0.39, 0.29) is 6.79 Å². The van der Waals surface area contributed by atoms with Crippen LogP contribution in [0.2, 0.25) is 0 Å². The van der Waals surface area contributed by atoms with Crippen LogP contribution in [0, 0.1) is 12.2 Å². The van der Waals surface area contributed by atoms with E-state index >= 15 is 0 Å². The Labute approximate surface area is 110 Å². The van der Waals surface area contributed by atoms with Crippen LogP contribution in [-0.2, 0) is 9.47 Å². The molecule has 0 bridgehead atoms. The summed E-state index contributed by atoms with van der Waals surface area (Å²) in [7, 11) is 1.56. The predicted molar refractivity (Wildman–Crippen MR) is 68.0 cm³/mol. The Morgan fingerprint density at radius 3 is 2.47 bits per heavy atom. The van der Waals surface area contributed by atoms with Crippen LogP contribution in [0.3, 0.4) is 0 Å². The maximum Gasteiger partial charge on any atom is 0.147 e. The Kier molecular flexibility index (Phi) is 6.44. The number of hydrogen-bond acceptors (Lipinski definition) is 3. The largest absolute Gasteiger partial charge is 0.389 e. The lowest BCUT2D eigenvalue weighted by molar-refractivity contribution is -0.0596. The highest BCUT2D eigenvalue weighted by Crippen LogP contribution is 2.20. The number of ether oxygens (including phenoxy) is 2. The Morgan fingerprint density at radius 2 is 1.94 bits per heavy atom. The van der Waals surface area contributed by atoms with Gasteiger partial charge in [0, 0.05) is 11.6 Å². The molecule has 1 N–H and O–H groups in total. The first-order valence-corrected chi connectivity index (χ1v) is 5.98. The second-order valence-corrected chi connectivity index (χ2v) is 4.39. The Balaban J connectivity index is 2.77. The lowest BCUT2D eigenvalue weighted by Crippen LogP contribution is -2.06. The van der Waals surface area contributed by atoms with E-state index in [1.54, 1.807) is 14.0 Å². The molecular weight excluding hydrogens is 284 g/mol. The second-order valence-electron chi connectivity index (χ2n) is 3.47. The SMILES string of the molecule is COCO[C@H]([C]=[C][C@@H](C)O)c1ccc(Br)cc1. The van der Waals surface area contributed by atoms with Gasteiger partial charge in [-0.05, 0) is 36.8 Å². The molecule has 2 radical (unpaired) electrons. The molecule has 0 amide bonds. The van der Waals surface area contributed by atoms with Gasteiger partial charge in [-0.25, -0.2) is 0 Å². The fourth-order valence-corrected chi connectivity index (χ4v) is 1.46. The van der Waals surface area contributed by atoms with Crippen LogP contribution in [0.15, 0.2) is 28.7 Å². The maximum absolute atomic E-state index is 9.15. The van der Waals surface area contributed by atoms with Crippen LogP contribution in [0.25, 0.3) is 0 Å². The van der Waals surface area contributed by atoms with Gasteiger partial charge in [0.05, 0.1) is 6.10 Å². The molecule has 92 valence electrons. The summed E-state index contributed by atoms with van der Waals surface area (Å²) in [5.74, 6) is 0. The van der Waals surface area contributed by atoms with Crippen molar-refractivity contribution in [2.45, 2.75) is 19.1 Å². The van der Waals surface area contributed by atoms with E-state index in [9.17, 15) is 0 Å². The topological polar surface area (TPSA) is 38.7 Å². The van der Waals surface area contributed by atoms with E-state index in [1.807, 2.05) is 24.3 Å². The molecule has 0 aliphatic heterocycles. The summed E-state index contributed by atoms with van der Waals surface area (Å²) < 4.78 is 11.3. The molecule has 0 aliphatic rings. The van der Waals surface area contributed by atoms with Gasteiger partial charge in [0.15, 0.2) is 0 Å². The summed E-state index contributed by atoms with van der Waals surface area (Å²) in [6.45, 7) is 1.77. The summed E-state index contributed by atoms with van der Waals surface area (Å²) in [6, 6.07) is 7.67. The molecular formula is C13H15BrO3. The Hall–Kier alpha value is -0.680. The van der Waals surface area contributed by atoms with Crippen molar-refractivity contribution in [2.75, 3.05) is 13.9 Å². The molecule has 1 aromatic rings. The average Bonchev–Trinajstić information content (AvgIpc) is 2.30. The van der Waals surface area contributed by atoms with Gasteiger partial charge in [-0.15, -0.1) is 0 Å². The number of methoxy groups -OCH3 is 1. The Bertz CT molecular complexity index is 346. The minimum atomic E-state index is -0.668. The van der Waals surface area contributed by atoms with Crippen molar-refractivity contribution in [3.63, 3.8) is 0 Å². The van der Waals surface area contributed by atoms with E-state index in [0.29, 0.717) is 0 Å². The van der Waals surface area contributed by atoms with E-state index in [1.165, 1.54) is 0 Å². The third-order valence-electron chi connectivity index (χ3n) is 1.95. The quantitative estimate of drug-likeness (QED) is 0.821. The first-order valence-electron chi connectivity index (χ1n) is 5.18. The van der Waals surface area contributed by atoms with Crippen molar-refractivity contribution in [3.05, 3.63) is 46.5 Å². The van der Waals surface area contributed by atoms with Crippen LogP contribution in [0.5, 0.6) is 0 Å². The van der Waals surface area contributed by atoms with Crippen molar-refractivity contribution < 1.29 is 14.6 Å². The summed E-state index contributed by atoms with van der Waals surface area (Å²) in [6.07, 6.45) is 4.49. The van der Waals surface area contributed by atoms with Crippen LogP contribution >= 0.6 is 15.9 Å². The van der Waals surface area contributed by atoms with Crippen molar-refractivity contribution in [3.8, 4) is 0 Å². The third-order valence-corrected chi connectivity index (χ3v) is 2.48. The van der Waals surface area contributed by atoms with Gasteiger partial charge < -0.3 is 14.6 Å². The van der Waals surface area contributed by atoms with Gasteiger partial charge in [-0.2, -0.15) is 0 Å². The molecule has 0 aromatic heterocycles. The van der Waals surface area contributed by atoms with Crippen molar-refractivity contribution in [1.82, 2.24) is 0 Å². The third kappa shape index (κ3) is 5.46. The summed E-state index contributed by atoms with van der Waals surface area (Å²) in [5.41, 5.74) is 0.929. The number of halogens is 1. The number of aliphatic hydroxyl groups excluding tert-OH is 1. The van der Waals surface area contributed by atoms with Gasteiger partial charge >= 0.3 is 0 Å². The normalized spacial score (nSPS) is 15.1. The highest BCUT2D eigenvalue weighted by molar-refractivity contribution is 9.10. The first-order chi connectivity index (χ1) is 8.13. The molecule has 0 heterocycles. The molecule has 0 fully saturated rings. The van der Waals surface area contributed by atoms with Gasteiger partial charge in [-0.1, -0.05) is 28.1 Å². The monoisotopic (exact) mass is 298 g/mol. The van der Waals surface area contributed by atoms with Gasteiger partial charge in [0.2, 0.25) is 0 Å². The average molecular weight is 299 g/mol. The number of hydrogen-bond donors (Lipinski definition) is 1. The Morgan fingerprint density at radius 1 is 1.29 bits per heavy atom. The summed E-state index contributed by atoms with van der Waals surface area (Å²) in [5, 5.41) is 9.15. The fourth-order valence-electron chi connectivity index (χ4n) is 1.19. The van der Waals surface area contributed by atoms with Gasteiger partial charge in [-0.3, -0.25) is 0 Å². The molecule has 4 heteroatoms. The van der Waals surface area contributed by atoms with Crippen molar-refractivity contribution >= 4 is 15.9 Å². The van der Waals surface area contributed by atoms with Crippen molar-refractivity contribution in [1.29, 1.82) is 0 Å². The van der Waals surface area contributed by atoms with Crippen molar-refractivity contribution in [2.24, 2.45) is 0 Å². The molecule has 0 unspecified atom stereocenters. The zero-order chi connectivity index (χ0) is 12.7. The summed E-state index contributed by atoms with van der Waals surface area (Å²) >= 11 is 3.37. The zero-order valence-electron chi connectivity index (χ0n) is 9.81. The van der Waals surface area contributed by atoms with E-state index in [2.05, 4.69) is 28.1 Å². The highest BCUT2D eigenvalue weighted by Gasteiger charge is 2.09. The molecule has 3 nitrogen and oxygen atoms in total. The van der Waals surface area contributed by atoms with E-state index < -0.39 is 12.2 Å². The van der Waals surface area contributed by atoms with Gasteiger partial charge in [0.1, 0.15) is 12.9 Å². The second kappa shape index (κ2) is 7.61. The molecule has 2 atom stereocenters. The molecule has 0 saturated heterocycles. The van der Waals surface area contributed by atoms with Crippen LogP contribution in [0.4, 0.5) is 0 Å². The summed E-state index contributed by atoms with van der Waals surface area (Å²) in [4.78, 5) is 0. The minimum absolute atomic E-state index is 0.162. The zero-order valence-corrected chi connectivity index (χ0v) is 11.4. The molecule has 0 spiro atoms. The van der Waals surface area contributed by atoms with Crippen LogP contribution < -0.4 is 0 Å². The number of rotatable bonds is 6. The maximum atomic E-state index is 9.15. The molecule has 1 rings (SSSR count). The minimum Gasteiger partial charge on any atom is -0.389 e. The van der Waals surface area contributed by atoms with Crippen LogP contribution in [0.1, 0.15) is 18.6 Å². The molecule has 0 aliphatic carbocycles. The van der Waals surface area contributed by atoms with Gasteiger partial charge in [0.25, 0.3) is 0 Å². The lowest BCUT2D eigenvalue weighted by Gasteiger charge is -2.13. The smallest absolute Gasteiger partial charge is 0.147 e. The highest BCUT2D eigenvalue weighted by atomic mass is 79.9. The lowest BCUT2D eigenvalue weighted by atomic mass is 10.1. The molecule has 1 aromatic carbocycles. The number of aliphatic hydroxyl groups is 1. The van der Waals surface area contributed by atoms with E-state index in [4.69, 9.17) is 14.6 Å². The number of benzene rings is 1. The first kappa shape index (κ1) is 14.4. The molecule has 0 saturated carbocycles. The fraction of sp³-hybridized carbons (Fsp3) is 0.385. The van der Waals surface area contributed by atoms with E-state index in [0.717, 1.165) is 10.0 Å². The predicted octanol–water partition coefficient (Wildman–Crippen LogP) is 2.65. The van der Waals surface area contributed by atoms with Crippen LogP contribution in [-0.4, -0.2) is 25.1 Å². The molecule has 17 heavy (non-hydrogen) atoms. The standard InChI is InChI=1S/C13H15BrO3/c1-10(15)3-8-13(17-9-16-2)11-4-6-12(14)7-5-11/h4-7,10,13,15H,9H2,1-2H3/t10-,13-/m1/s1.